The van der Waals surface area contributed by atoms with Gasteiger partial charge in [0.15, 0.2) is 0 Å². The Morgan fingerprint density at radius 2 is 1.62 bits per heavy atom. The molecule has 2 unspecified atom stereocenters. The molecule has 1 aromatic rings. The molecule has 2 atom stereocenters. The monoisotopic (exact) mass is 288 g/mol. The molecule has 1 heterocycles. The summed E-state index contributed by atoms with van der Waals surface area (Å²) in [5, 5.41) is 3.77. The molecule has 1 N–H and O–H groups in total. The molecule has 3 heteroatoms. The van der Waals surface area contributed by atoms with Crippen LogP contribution in [0.25, 0.3) is 0 Å². The second kappa shape index (κ2) is 6.69. The maximum absolute atomic E-state index is 5.42. The molecule has 3 nitrogen and oxygen atoms in total. The Hall–Kier alpha value is -1.22. The van der Waals surface area contributed by atoms with E-state index in [0.29, 0.717) is 6.04 Å². The Morgan fingerprint density at radius 1 is 1.00 bits per heavy atom. The second-order valence-corrected chi connectivity index (χ2v) is 6.70. The maximum atomic E-state index is 5.42. The lowest BCUT2D eigenvalue weighted by molar-refractivity contribution is 0.122. The fraction of sp³-hybridized carbons (Fsp3) is 0.667. The normalized spacial score (nSPS) is 30.2. The summed E-state index contributed by atoms with van der Waals surface area (Å²) in [6, 6.07) is 9.57. The average Bonchev–Trinajstić information content (AvgIpc) is 2.53. The molecule has 2 fully saturated rings. The van der Waals surface area contributed by atoms with E-state index in [4.69, 9.17) is 4.74 Å². The van der Waals surface area contributed by atoms with Gasteiger partial charge in [-0.3, -0.25) is 0 Å². The van der Waals surface area contributed by atoms with Crippen molar-refractivity contribution < 1.29 is 4.74 Å². The van der Waals surface area contributed by atoms with Crippen LogP contribution in [0.1, 0.15) is 33.1 Å². The first-order valence-electron chi connectivity index (χ1n) is 8.43. The lowest BCUT2D eigenvalue weighted by Gasteiger charge is -2.36. The van der Waals surface area contributed by atoms with Gasteiger partial charge in [-0.05, 0) is 48.9 Å². The number of hydrogen-bond acceptors (Lipinski definition) is 3. The van der Waals surface area contributed by atoms with Crippen LogP contribution in [0.2, 0.25) is 0 Å². The van der Waals surface area contributed by atoms with Crippen LogP contribution in [0, 0.1) is 11.8 Å². The van der Waals surface area contributed by atoms with E-state index in [0.717, 1.165) is 38.1 Å². The smallest absolute Gasteiger partial charge is 0.0642 e. The van der Waals surface area contributed by atoms with E-state index in [-0.39, 0.29) is 0 Å². The first kappa shape index (κ1) is 14.7. The van der Waals surface area contributed by atoms with Crippen LogP contribution in [0.15, 0.2) is 24.3 Å². The first-order chi connectivity index (χ1) is 10.2. The number of anilines is 2. The summed E-state index contributed by atoms with van der Waals surface area (Å²) in [6.45, 7) is 8.46. The van der Waals surface area contributed by atoms with Crippen molar-refractivity contribution >= 4 is 11.4 Å². The summed E-state index contributed by atoms with van der Waals surface area (Å²) in [7, 11) is 0. The lowest BCUT2D eigenvalue weighted by atomic mass is 9.78. The Morgan fingerprint density at radius 3 is 2.24 bits per heavy atom. The van der Waals surface area contributed by atoms with Gasteiger partial charge in [-0.25, -0.2) is 0 Å². The number of benzene rings is 1. The number of nitrogens with zero attached hydrogens (tertiary/aromatic N) is 1. The maximum Gasteiger partial charge on any atom is 0.0642 e. The van der Waals surface area contributed by atoms with Gasteiger partial charge in [-0.2, -0.15) is 0 Å². The van der Waals surface area contributed by atoms with Gasteiger partial charge < -0.3 is 15.0 Å². The Labute approximate surface area is 128 Å². The van der Waals surface area contributed by atoms with Crippen molar-refractivity contribution in [1.29, 1.82) is 0 Å². The van der Waals surface area contributed by atoms with Gasteiger partial charge in [0, 0.05) is 30.5 Å². The van der Waals surface area contributed by atoms with Gasteiger partial charge in [0.1, 0.15) is 0 Å². The first-order valence-corrected chi connectivity index (χ1v) is 8.43. The molecule has 1 aliphatic carbocycles. The summed E-state index contributed by atoms with van der Waals surface area (Å²) >= 11 is 0. The predicted molar refractivity (Wildman–Crippen MR) is 89.1 cm³/mol. The third-order valence-corrected chi connectivity index (χ3v) is 5.12. The zero-order valence-corrected chi connectivity index (χ0v) is 13.3. The minimum absolute atomic E-state index is 0.619. The number of ether oxygens (including phenoxy) is 1. The molecule has 1 saturated carbocycles. The molecule has 2 aliphatic rings. The Bertz CT molecular complexity index is 429. The molecule has 1 aliphatic heterocycles. The summed E-state index contributed by atoms with van der Waals surface area (Å²) < 4.78 is 5.42. The number of rotatable bonds is 3. The zero-order chi connectivity index (χ0) is 14.7. The fourth-order valence-corrected chi connectivity index (χ4v) is 3.75. The standard InChI is InChI=1S/C18H28N2O/c1-14-4-3-5-15(2)18(14)19-16-6-8-17(9-7-16)20-10-12-21-13-11-20/h6-9,14-15,18-19H,3-5,10-13H2,1-2H3. The highest BCUT2D eigenvalue weighted by atomic mass is 16.5. The Kier molecular flexibility index (Phi) is 4.69. The van der Waals surface area contributed by atoms with E-state index >= 15 is 0 Å². The van der Waals surface area contributed by atoms with Crippen molar-refractivity contribution in [2.45, 2.75) is 39.2 Å². The van der Waals surface area contributed by atoms with Crippen molar-refractivity contribution in [3.63, 3.8) is 0 Å². The van der Waals surface area contributed by atoms with Crippen molar-refractivity contribution in [3.05, 3.63) is 24.3 Å². The fourth-order valence-electron chi connectivity index (χ4n) is 3.75. The van der Waals surface area contributed by atoms with E-state index in [1.165, 1.54) is 30.6 Å². The van der Waals surface area contributed by atoms with Crippen LogP contribution >= 0.6 is 0 Å². The van der Waals surface area contributed by atoms with Crippen LogP contribution in [0.3, 0.4) is 0 Å². The minimum atomic E-state index is 0.619. The third-order valence-electron chi connectivity index (χ3n) is 5.12. The largest absolute Gasteiger partial charge is 0.382 e. The zero-order valence-electron chi connectivity index (χ0n) is 13.3. The van der Waals surface area contributed by atoms with Gasteiger partial charge >= 0.3 is 0 Å². The van der Waals surface area contributed by atoms with Crippen LogP contribution in [0.4, 0.5) is 11.4 Å². The van der Waals surface area contributed by atoms with Crippen LogP contribution < -0.4 is 10.2 Å². The SMILES string of the molecule is CC1CCCC(C)C1Nc1ccc(N2CCOCC2)cc1. The quantitative estimate of drug-likeness (QED) is 0.916. The van der Waals surface area contributed by atoms with Crippen molar-refractivity contribution in [2.75, 3.05) is 36.5 Å². The molecule has 1 aromatic carbocycles. The second-order valence-electron chi connectivity index (χ2n) is 6.70. The summed E-state index contributed by atoms with van der Waals surface area (Å²) in [4.78, 5) is 2.40. The van der Waals surface area contributed by atoms with Gasteiger partial charge in [-0.1, -0.05) is 20.3 Å². The molecule has 0 aromatic heterocycles. The third kappa shape index (κ3) is 3.52. The molecule has 0 bridgehead atoms. The van der Waals surface area contributed by atoms with Gasteiger partial charge in [0.2, 0.25) is 0 Å². The Balaban J connectivity index is 1.63. The molecular formula is C18H28N2O. The van der Waals surface area contributed by atoms with Crippen molar-refractivity contribution in [3.8, 4) is 0 Å². The number of hydrogen-bond donors (Lipinski definition) is 1. The minimum Gasteiger partial charge on any atom is -0.382 e. The molecule has 21 heavy (non-hydrogen) atoms. The molecule has 116 valence electrons. The average molecular weight is 288 g/mol. The predicted octanol–water partition coefficient (Wildman–Crippen LogP) is 3.76. The van der Waals surface area contributed by atoms with Gasteiger partial charge in [0.25, 0.3) is 0 Å². The van der Waals surface area contributed by atoms with Gasteiger partial charge in [0.05, 0.1) is 13.2 Å². The molecule has 0 amide bonds. The summed E-state index contributed by atoms with van der Waals surface area (Å²) in [6.07, 6.45) is 4.10. The highest BCUT2D eigenvalue weighted by molar-refractivity contribution is 5.55. The molecule has 1 saturated heterocycles. The lowest BCUT2D eigenvalue weighted by Crippen LogP contribution is -2.37. The highest BCUT2D eigenvalue weighted by Gasteiger charge is 2.27. The van der Waals surface area contributed by atoms with Crippen LogP contribution in [-0.4, -0.2) is 32.3 Å². The number of nitrogens with one attached hydrogen (secondary N) is 1. The van der Waals surface area contributed by atoms with Crippen molar-refractivity contribution in [2.24, 2.45) is 11.8 Å². The summed E-state index contributed by atoms with van der Waals surface area (Å²) in [5.74, 6) is 1.54. The van der Waals surface area contributed by atoms with E-state index in [9.17, 15) is 0 Å². The van der Waals surface area contributed by atoms with Gasteiger partial charge in [-0.15, -0.1) is 0 Å². The van der Waals surface area contributed by atoms with Crippen LogP contribution in [-0.2, 0) is 4.74 Å². The molecule has 0 radical (unpaired) electrons. The van der Waals surface area contributed by atoms with Crippen LogP contribution in [0.5, 0.6) is 0 Å². The number of morpholine rings is 1. The van der Waals surface area contributed by atoms with E-state index < -0.39 is 0 Å². The van der Waals surface area contributed by atoms with Crippen molar-refractivity contribution in [1.82, 2.24) is 0 Å². The van der Waals surface area contributed by atoms with E-state index in [1.807, 2.05) is 0 Å². The molecular weight excluding hydrogens is 260 g/mol. The van der Waals surface area contributed by atoms with E-state index in [1.54, 1.807) is 0 Å². The molecule has 3 rings (SSSR count). The highest BCUT2D eigenvalue weighted by Crippen LogP contribution is 2.31. The van der Waals surface area contributed by atoms with E-state index in [2.05, 4.69) is 48.3 Å². The topological polar surface area (TPSA) is 24.5 Å². The molecule has 0 spiro atoms. The summed E-state index contributed by atoms with van der Waals surface area (Å²) in [5.41, 5.74) is 2.58.